The zero-order valence-electron chi connectivity index (χ0n) is 9.72. The summed E-state index contributed by atoms with van der Waals surface area (Å²) >= 11 is 0. The predicted molar refractivity (Wildman–Crippen MR) is 67.0 cm³/mol. The summed E-state index contributed by atoms with van der Waals surface area (Å²) in [6.45, 7) is 0. The lowest BCUT2D eigenvalue weighted by Crippen LogP contribution is -1.96. The maximum atomic E-state index is 10.4. The van der Waals surface area contributed by atoms with Gasteiger partial charge in [-0.2, -0.15) is 0 Å². The summed E-state index contributed by atoms with van der Waals surface area (Å²) in [5.74, 6) is -2.28. The van der Waals surface area contributed by atoms with Crippen LogP contribution >= 0.6 is 0 Å². The highest BCUT2D eigenvalue weighted by Gasteiger charge is 2.05. The molecule has 1 aromatic rings. The summed E-state index contributed by atoms with van der Waals surface area (Å²) in [5.41, 5.74) is 0.966. The average molecular weight is 264 g/mol. The van der Waals surface area contributed by atoms with Crippen molar-refractivity contribution in [2.24, 2.45) is 0 Å². The Morgan fingerprint density at radius 3 is 1.63 bits per heavy atom. The van der Waals surface area contributed by atoms with Crippen molar-refractivity contribution in [1.29, 1.82) is 0 Å². The van der Waals surface area contributed by atoms with Crippen molar-refractivity contribution in [3.05, 3.63) is 47.0 Å². The maximum Gasteiger partial charge on any atom is 0.328 e. The summed E-state index contributed by atoms with van der Waals surface area (Å²) in [4.78, 5) is 20.8. The van der Waals surface area contributed by atoms with Crippen LogP contribution in [0.4, 0.5) is 0 Å². The zero-order valence-corrected chi connectivity index (χ0v) is 9.72. The molecule has 0 unspecified atom stereocenters. The molecule has 4 N–H and O–H groups in total. The molecular weight excluding hydrogens is 252 g/mol. The molecule has 6 heteroatoms. The summed E-state index contributed by atoms with van der Waals surface area (Å²) < 4.78 is 0. The Balaban J connectivity index is 3.17. The fraction of sp³-hybridized carbons (Fsp3) is 0.0769. The van der Waals surface area contributed by atoms with Gasteiger partial charge in [0.2, 0.25) is 0 Å². The zero-order chi connectivity index (χ0) is 14.4. The molecule has 0 aliphatic heterocycles. The Kier molecular flexibility index (Phi) is 4.99. The molecule has 0 aromatic heterocycles. The van der Waals surface area contributed by atoms with Crippen molar-refractivity contribution in [1.82, 2.24) is 0 Å². The Morgan fingerprint density at radius 1 is 0.895 bits per heavy atom. The molecule has 1 aromatic carbocycles. The number of carboxylic acid groups (broad SMARTS) is 2. The van der Waals surface area contributed by atoms with Crippen LogP contribution in [-0.4, -0.2) is 32.4 Å². The highest BCUT2D eigenvalue weighted by Crippen LogP contribution is 2.18. The van der Waals surface area contributed by atoms with E-state index in [1.54, 1.807) is 0 Å². The molecule has 0 saturated heterocycles. The number of rotatable bonds is 5. The van der Waals surface area contributed by atoms with Gasteiger partial charge < -0.3 is 20.4 Å². The van der Waals surface area contributed by atoms with Gasteiger partial charge in [-0.3, -0.25) is 0 Å². The first-order valence-electron chi connectivity index (χ1n) is 5.21. The minimum Gasteiger partial charge on any atom is -0.478 e. The van der Waals surface area contributed by atoms with Gasteiger partial charge in [0.25, 0.3) is 0 Å². The number of hydrogen-bond donors (Lipinski definition) is 4. The minimum absolute atomic E-state index is 0.137. The van der Waals surface area contributed by atoms with Crippen molar-refractivity contribution >= 4 is 24.1 Å². The highest BCUT2D eigenvalue weighted by molar-refractivity contribution is 5.87. The van der Waals surface area contributed by atoms with Crippen LogP contribution in [-0.2, 0) is 9.59 Å². The summed E-state index contributed by atoms with van der Waals surface area (Å²) in [6.07, 6.45) is 2.61. The van der Waals surface area contributed by atoms with Crippen LogP contribution in [0.3, 0.4) is 0 Å². The van der Waals surface area contributed by atoms with Crippen molar-refractivity contribution < 1.29 is 30.0 Å². The van der Waals surface area contributed by atoms with E-state index >= 15 is 0 Å². The second-order valence-electron chi connectivity index (χ2n) is 3.65. The van der Waals surface area contributed by atoms with Gasteiger partial charge in [-0.05, 0) is 41.5 Å². The molecule has 0 fully saturated rings. The van der Waals surface area contributed by atoms with Gasteiger partial charge in [0, 0.05) is 17.7 Å². The minimum atomic E-state index is -1.73. The van der Waals surface area contributed by atoms with E-state index in [-0.39, 0.29) is 5.56 Å². The lowest BCUT2D eigenvalue weighted by atomic mass is 10.0. The van der Waals surface area contributed by atoms with E-state index in [9.17, 15) is 9.59 Å². The van der Waals surface area contributed by atoms with Crippen LogP contribution in [0.2, 0.25) is 0 Å². The second-order valence-corrected chi connectivity index (χ2v) is 3.65. The third-order valence-corrected chi connectivity index (χ3v) is 2.13. The molecule has 0 radical (unpaired) electrons. The first kappa shape index (κ1) is 14.6. The fourth-order valence-electron chi connectivity index (χ4n) is 1.38. The van der Waals surface area contributed by atoms with Crippen LogP contribution in [0.25, 0.3) is 12.2 Å². The van der Waals surface area contributed by atoms with Crippen molar-refractivity contribution in [3.63, 3.8) is 0 Å². The van der Waals surface area contributed by atoms with E-state index in [0.29, 0.717) is 11.1 Å². The number of benzene rings is 1. The van der Waals surface area contributed by atoms with Gasteiger partial charge in [0.05, 0.1) is 0 Å². The smallest absolute Gasteiger partial charge is 0.328 e. The number of aliphatic hydroxyl groups excluding tert-OH is 1. The molecule has 0 spiro atoms. The lowest BCUT2D eigenvalue weighted by molar-refractivity contribution is -0.132. The van der Waals surface area contributed by atoms with Crippen LogP contribution in [0.5, 0.6) is 0 Å². The molecule has 0 amide bonds. The highest BCUT2D eigenvalue weighted by atomic mass is 16.5. The molecule has 0 aliphatic carbocycles. The van der Waals surface area contributed by atoms with E-state index in [4.69, 9.17) is 20.4 Å². The second kappa shape index (κ2) is 6.48. The van der Waals surface area contributed by atoms with Gasteiger partial charge >= 0.3 is 11.9 Å². The first-order chi connectivity index (χ1) is 8.88. The quantitative estimate of drug-likeness (QED) is 0.463. The molecule has 0 saturated carbocycles. The van der Waals surface area contributed by atoms with Crippen molar-refractivity contribution in [2.75, 3.05) is 0 Å². The monoisotopic (exact) mass is 264 g/mol. The molecule has 0 atom stereocenters. The van der Waals surface area contributed by atoms with Crippen LogP contribution in [0.1, 0.15) is 23.0 Å². The predicted octanol–water partition coefficient (Wildman–Crippen LogP) is 0.865. The largest absolute Gasteiger partial charge is 0.478 e. The van der Waals surface area contributed by atoms with Crippen LogP contribution < -0.4 is 0 Å². The van der Waals surface area contributed by atoms with E-state index in [2.05, 4.69) is 0 Å². The van der Waals surface area contributed by atoms with Crippen molar-refractivity contribution in [2.45, 2.75) is 6.29 Å². The van der Waals surface area contributed by atoms with Crippen LogP contribution in [0.15, 0.2) is 30.4 Å². The Morgan fingerprint density at radius 2 is 1.32 bits per heavy atom. The van der Waals surface area contributed by atoms with E-state index in [0.717, 1.165) is 12.2 Å². The standard InChI is InChI=1S/C13H12O6/c14-11(15)3-1-8-5-9(2-4-12(16)17)7-10(6-8)13(18)19/h1-7,13,18-19H,(H,14,15)(H,16,17). The fourth-order valence-corrected chi connectivity index (χ4v) is 1.38. The molecule has 1 rings (SSSR count). The number of aliphatic hydroxyl groups is 2. The van der Waals surface area contributed by atoms with Gasteiger partial charge in [-0.25, -0.2) is 9.59 Å². The first-order valence-corrected chi connectivity index (χ1v) is 5.21. The van der Waals surface area contributed by atoms with Gasteiger partial charge in [-0.15, -0.1) is 0 Å². The molecule has 19 heavy (non-hydrogen) atoms. The van der Waals surface area contributed by atoms with E-state index < -0.39 is 18.2 Å². The topological polar surface area (TPSA) is 115 Å². The Hall–Kier alpha value is -2.44. The molecular formula is C13H12O6. The number of carbonyl (C=O) groups is 2. The Labute approximate surface area is 108 Å². The lowest BCUT2D eigenvalue weighted by Gasteiger charge is -2.07. The molecule has 100 valence electrons. The molecule has 6 nitrogen and oxygen atoms in total. The summed E-state index contributed by atoms with van der Waals surface area (Å²) in [7, 11) is 0. The van der Waals surface area contributed by atoms with Gasteiger partial charge in [-0.1, -0.05) is 0 Å². The van der Waals surface area contributed by atoms with E-state index in [1.807, 2.05) is 0 Å². The molecule has 0 aliphatic rings. The number of carboxylic acids is 2. The average Bonchev–Trinajstić information content (AvgIpc) is 2.33. The number of aliphatic carboxylic acids is 2. The summed E-state index contributed by atoms with van der Waals surface area (Å²) in [5, 5.41) is 35.2. The van der Waals surface area contributed by atoms with E-state index in [1.165, 1.54) is 30.4 Å². The van der Waals surface area contributed by atoms with Gasteiger partial charge in [0.1, 0.15) is 0 Å². The van der Waals surface area contributed by atoms with Crippen LogP contribution in [0, 0.1) is 0 Å². The van der Waals surface area contributed by atoms with Crippen molar-refractivity contribution in [3.8, 4) is 0 Å². The molecule has 0 heterocycles. The number of hydrogen-bond acceptors (Lipinski definition) is 4. The van der Waals surface area contributed by atoms with Gasteiger partial charge in [0.15, 0.2) is 6.29 Å². The maximum absolute atomic E-state index is 10.4. The normalized spacial score (nSPS) is 11.5. The summed E-state index contributed by atoms with van der Waals surface area (Å²) in [6, 6.07) is 4.30. The third-order valence-electron chi connectivity index (χ3n) is 2.13. The Bertz CT molecular complexity index is 500. The SMILES string of the molecule is O=C(O)C=Cc1cc(C=CC(=O)O)cc(C(O)O)c1. The third kappa shape index (κ3) is 5.15. The molecule has 0 bridgehead atoms.